The van der Waals surface area contributed by atoms with E-state index in [1.165, 1.54) is 0 Å². The molecule has 0 aliphatic carbocycles. The van der Waals surface area contributed by atoms with Crippen LogP contribution >= 0.6 is 0 Å². The Morgan fingerprint density at radius 2 is 2.14 bits per heavy atom. The molecule has 76 valence electrons. The normalized spacial score (nSPS) is 10.3. The van der Waals surface area contributed by atoms with Crippen LogP contribution < -0.4 is 0 Å². The van der Waals surface area contributed by atoms with Gasteiger partial charge in [0, 0.05) is 12.4 Å². The van der Waals surface area contributed by atoms with Crippen LogP contribution in [0.4, 0.5) is 8.78 Å². The molecule has 0 aliphatic rings. The van der Waals surface area contributed by atoms with Crippen molar-refractivity contribution in [3.8, 4) is 0 Å². The fourth-order valence-corrected chi connectivity index (χ4v) is 0.865. The van der Waals surface area contributed by atoms with Gasteiger partial charge in [0.2, 0.25) is 0 Å². The Morgan fingerprint density at radius 1 is 1.50 bits per heavy atom. The standard InChI is InChI=1S/C8H8F2N2O2/c1-2-14-8(13)6-5(7(9)10)11-3-4-12-6/h3-4,7H,2H2,1H3. The molecule has 6 heteroatoms. The van der Waals surface area contributed by atoms with Crippen molar-refractivity contribution >= 4 is 5.97 Å². The highest BCUT2D eigenvalue weighted by molar-refractivity contribution is 5.88. The first-order valence-corrected chi connectivity index (χ1v) is 3.93. The van der Waals surface area contributed by atoms with E-state index in [4.69, 9.17) is 0 Å². The largest absolute Gasteiger partial charge is 0.461 e. The Labute approximate surface area is 78.9 Å². The SMILES string of the molecule is CCOC(=O)c1nccnc1C(F)F. The molecular formula is C8H8F2N2O2. The van der Waals surface area contributed by atoms with Crippen molar-refractivity contribution in [2.75, 3.05) is 6.61 Å². The molecule has 0 aliphatic heterocycles. The lowest BCUT2D eigenvalue weighted by Crippen LogP contribution is -2.12. The predicted octanol–water partition coefficient (Wildman–Crippen LogP) is 1.59. The Kier molecular flexibility index (Phi) is 3.44. The fraction of sp³-hybridized carbons (Fsp3) is 0.375. The lowest BCUT2D eigenvalue weighted by Gasteiger charge is -2.04. The van der Waals surface area contributed by atoms with Crippen molar-refractivity contribution in [1.29, 1.82) is 0 Å². The number of alkyl halides is 2. The minimum atomic E-state index is -2.83. The second-order valence-corrected chi connectivity index (χ2v) is 2.31. The highest BCUT2D eigenvalue weighted by Gasteiger charge is 2.21. The quantitative estimate of drug-likeness (QED) is 0.698. The lowest BCUT2D eigenvalue weighted by molar-refractivity contribution is 0.0505. The van der Waals surface area contributed by atoms with E-state index in [1.807, 2.05) is 0 Å². The minimum absolute atomic E-state index is 0.109. The molecular weight excluding hydrogens is 194 g/mol. The molecule has 0 atom stereocenters. The van der Waals surface area contributed by atoms with Gasteiger partial charge in [0.25, 0.3) is 6.43 Å². The van der Waals surface area contributed by atoms with Gasteiger partial charge < -0.3 is 4.74 Å². The van der Waals surface area contributed by atoms with Crippen LogP contribution in [0.5, 0.6) is 0 Å². The number of halogens is 2. The summed E-state index contributed by atoms with van der Waals surface area (Å²) in [6.45, 7) is 1.69. The predicted molar refractivity (Wildman–Crippen MR) is 42.9 cm³/mol. The summed E-state index contributed by atoms with van der Waals surface area (Å²) < 4.78 is 29.2. The molecule has 0 N–H and O–H groups in total. The molecule has 0 bridgehead atoms. The van der Waals surface area contributed by atoms with E-state index >= 15 is 0 Å². The van der Waals surface area contributed by atoms with Crippen molar-refractivity contribution in [2.45, 2.75) is 13.3 Å². The van der Waals surface area contributed by atoms with Crippen molar-refractivity contribution in [2.24, 2.45) is 0 Å². The van der Waals surface area contributed by atoms with E-state index in [1.54, 1.807) is 6.92 Å². The summed E-state index contributed by atoms with van der Waals surface area (Å²) in [5.74, 6) is -0.879. The molecule has 0 fully saturated rings. The van der Waals surface area contributed by atoms with Crippen LogP contribution in [0.3, 0.4) is 0 Å². The molecule has 0 amide bonds. The zero-order valence-electron chi connectivity index (χ0n) is 7.41. The summed E-state index contributed by atoms with van der Waals surface area (Å²) in [7, 11) is 0. The van der Waals surface area contributed by atoms with Crippen LogP contribution in [0.25, 0.3) is 0 Å². The van der Waals surface area contributed by atoms with Gasteiger partial charge in [-0.25, -0.2) is 18.6 Å². The molecule has 0 aromatic carbocycles. The first-order chi connectivity index (χ1) is 6.66. The number of aromatic nitrogens is 2. The zero-order chi connectivity index (χ0) is 10.6. The van der Waals surface area contributed by atoms with Crippen LogP contribution in [-0.4, -0.2) is 22.5 Å². The summed E-state index contributed by atoms with van der Waals surface area (Å²) in [5.41, 5.74) is -1.07. The maximum atomic E-state index is 12.3. The Morgan fingerprint density at radius 3 is 2.71 bits per heavy atom. The van der Waals surface area contributed by atoms with Crippen LogP contribution in [0.1, 0.15) is 29.5 Å². The number of carbonyl (C=O) groups is 1. The van der Waals surface area contributed by atoms with Gasteiger partial charge in [0.05, 0.1) is 6.61 Å². The Bertz CT molecular complexity index is 331. The number of ether oxygens (including phenoxy) is 1. The van der Waals surface area contributed by atoms with Crippen LogP contribution in [0.15, 0.2) is 12.4 Å². The number of hydrogen-bond donors (Lipinski definition) is 0. The molecule has 0 unspecified atom stereocenters. The van der Waals surface area contributed by atoms with E-state index in [0.717, 1.165) is 12.4 Å². The molecule has 14 heavy (non-hydrogen) atoms. The third-order valence-electron chi connectivity index (χ3n) is 1.40. The van der Waals surface area contributed by atoms with Crippen LogP contribution in [0.2, 0.25) is 0 Å². The summed E-state index contributed by atoms with van der Waals surface area (Å²) in [5, 5.41) is 0. The number of carbonyl (C=O) groups excluding carboxylic acids is 1. The van der Waals surface area contributed by atoms with Crippen molar-refractivity contribution < 1.29 is 18.3 Å². The molecule has 0 saturated carbocycles. The summed E-state index contributed by atoms with van der Waals surface area (Å²) in [6, 6.07) is 0. The first-order valence-electron chi connectivity index (χ1n) is 3.93. The lowest BCUT2D eigenvalue weighted by atomic mass is 10.3. The van der Waals surface area contributed by atoms with Gasteiger partial charge in [-0.15, -0.1) is 0 Å². The second-order valence-electron chi connectivity index (χ2n) is 2.31. The summed E-state index contributed by atoms with van der Waals surface area (Å²) >= 11 is 0. The molecule has 1 rings (SSSR count). The molecule has 1 heterocycles. The maximum Gasteiger partial charge on any atom is 0.359 e. The average Bonchev–Trinajstić information content (AvgIpc) is 2.18. The minimum Gasteiger partial charge on any atom is -0.461 e. The average molecular weight is 202 g/mol. The number of rotatable bonds is 3. The van der Waals surface area contributed by atoms with E-state index in [9.17, 15) is 13.6 Å². The van der Waals surface area contributed by atoms with Crippen molar-refractivity contribution in [1.82, 2.24) is 9.97 Å². The molecule has 0 saturated heterocycles. The van der Waals surface area contributed by atoms with Crippen molar-refractivity contribution in [3.63, 3.8) is 0 Å². The molecule has 4 nitrogen and oxygen atoms in total. The topological polar surface area (TPSA) is 52.1 Å². The van der Waals surface area contributed by atoms with Gasteiger partial charge in [0.15, 0.2) is 5.69 Å². The number of nitrogens with zero attached hydrogens (tertiary/aromatic N) is 2. The molecule has 1 aromatic heterocycles. The second kappa shape index (κ2) is 4.59. The van der Waals surface area contributed by atoms with E-state index in [0.29, 0.717) is 0 Å². The van der Waals surface area contributed by atoms with E-state index in [-0.39, 0.29) is 6.61 Å². The Balaban J connectivity index is 3.00. The van der Waals surface area contributed by atoms with E-state index in [2.05, 4.69) is 14.7 Å². The van der Waals surface area contributed by atoms with Crippen LogP contribution in [0, 0.1) is 0 Å². The maximum absolute atomic E-state index is 12.3. The van der Waals surface area contributed by atoms with Gasteiger partial charge in [0.1, 0.15) is 5.69 Å². The summed E-state index contributed by atoms with van der Waals surface area (Å²) in [4.78, 5) is 18.0. The Hall–Kier alpha value is -1.59. The molecule has 0 spiro atoms. The van der Waals surface area contributed by atoms with Gasteiger partial charge in [-0.3, -0.25) is 4.98 Å². The van der Waals surface area contributed by atoms with Gasteiger partial charge in [-0.1, -0.05) is 0 Å². The highest BCUT2D eigenvalue weighted by Crippen LogP contribution is 2.18. The van der Waals surface area contributed by atoms with Gasteiger partial charge in [-0.2, -0.15) is 0 Å². The van der Waals surface area contributed by atoms with E-state index < -0.39 is 23.8 Å². The van der Waals surface area contributed by atoms with Crippen LogP contribution in [-0.2, 0) is 4.74 Å². The highest BCUT2D eigenvalue weighted by atomic mass is 19.3. The van der Waals surface area contributed by atoms with Crippen molar-refractivity contribution in [3.05, 3.63) is 23.8 Å². The summed E-state index contributed by atoms with van der Waals surface area (Å²) in [6.07, 6.45) is -0.564. The van der Waals surface area contributed by atoms with Gasteiger partial charge in [-0.05, 0) is 6.92 Å². The third-order valence-corrected chi connectivity index (χ3v) is 1.40. The molecule has 1 aromatic rings. The zero-order valence-corrected chi connectivity index (χ0v) is 7.41. The number of esters is 1. The number of hydrogen-bond acceptors (Lipinski definition) is 4. The van der Waals surface area contributed by atoms with Gasteiger partial charge >= 0.3 is 5.97 Å². The smallest absolute Gasteiger partial charge is 0.359 e. The fourth-order valence-electron chi connectivity index (χ4n) is 0.865. The first kappa shape index (κ1) is 10.5. The third kappa shape index (κ3) is 2.21. The monoisotopic (exact) mass is 202 g/mol. The molecule has 0 radical (unpaired) electrons.